The summed E-state index contributed by atoms with van der Waals surface area (Å²) < 4.78 is 10.1. The van der Waals surface area contributed by atoms with Crippen molar-refractivity contribution in [1.82, 2.24) is 0 Å². The molecular formula is C18H30O4. The number of rotatable bonds is 9. The Balaban J connectivity index is 5.33. The average Bonchev–Trinajstić information content (AvgIpc) is 2.44. The molecule has 0 unspecified atom stereocenters. The predicted molar refractivity (Wildman–Crippen MR) is 88.3 cm³/mol. The molecule has 0 aromatic heterocycles. The van der Waals surface area contributed by atoms with Crippen LogP contribution in [-0.2, 0) is 19.1 Å². The van der Waals surface area contributed by atoms with Gasteiger partial charge in [0.2, 0.25) is 0 Å². The Bertz CT molecular complexity index is 414. The van der Waals surface area contributed by atoms with Crippen molar-refractivity contribution < 1.29 is 19.1 Å². The molecule has 0 saturated heterocycles. The number of ether oxygens (including phenoxy) is 2. The molecule has 126 valence electrons. The molecule has 0 N–H and O–H groups in total. The predicted octanol–water partition coefficient (Wildman–Crippen LogP) is 4.06. The van der Waals surface area contributed by atoms with Gasteiger partial charge in [0.1, 0.15) is 0 Å². The highest BCUT2D eigenvalue weighted by Gasteiger charge is 2.46. The van der Waals surface area contributed by atoms with Crippen LogP contribution in [0.5, 0.6) is 0 Å². The molecule has 0 bridgehead atoms. The minimum Gasteiger partial charge on any atom is -0.465 e. The standard InChI is InChI=1S/C18H30O4/c1-8-21-16(19)18(7,17(20)22-9-2)15(6)12-14(5)11-10-13(3)4/h12-13H,6,8-11H2,1-5,7H3/b14-12+. The summed E-state index contributed by atoms with van der Waals surface area (Å²) >= 11 is 0. The van der Waals surface area contributed by atoms with E-state index >= 15 is 0 Å². The SMILES string of the molecule is C=C(/C=C(\C)CCC(C)C)C(C)(C(=O)OCC)C(=O)OCC. The first-order chi connectivity index (χ1) is 10.2. The van der Waals surface area contributed by atoms with Gasteiger partial charge in [-0.3, -0.25) is 9.59 Å². The lowest BCUT2D eigenvalue weighted by atomic mass is 9.81. The summed E-state index contributed by atoms with van der Waals surface area (Å²) in [6.45, 7) is 15.5. The summed E-state index contributed by atoms with van der Waals surface area (Å²) in [5.74, 6) is -0.643. The Labute approximate surface area is 134 Å². The molecular weight excluding hydrogens is 280 g/mol. The summed E-state index contributed by atoms with van der Waals surface area (Å²) in [6, 6.07) is 0. The molecule has 0 fully saturated rings. The fraction of sp³-hybridized carbons (Fsp3) is 0.667. The minimum absolute atomic E-state index is 0.206. The summed E-state index contributed by atoms with van der Waals surface area (Å²) in [4.78, 5) is 24.5. The number of carbonyl (C=O) groups excluding carboxylic acids is 2. The van der Waals surface area contributed by atoms with Crippen molar-refractivity contribution in [3.8, 4) is 0 Å². The van der Waals surface area contributed by atoms with E-state index in [1.165, 1.54) is 6.92 Å². The zero-order chi connectivity index (χ0) is 17.3. The van der Waals surface area contributed by atoms with Crippen molar-refractivity contribution in [3.63, 3.8) is 0 Å². The molecule has 0 aliphatic carbocycles. The van der Waals surface area contributed by atoms with Gasteiger partial charge in [-0.25, -0.2) is 0 Å². The monoisotopic (exact) mass is 310 g/mol. The van der Waals surface area contributed by atoms with Crippen LogP contribution in [0.3, 0.4) is 0 Å². The van der Waals surface area contributed by atoms with Crippen molar-refractivity contribution in [2.24, 2.45) is 11.3 Å². The van der Waals surface area contributed by atoms with Crippen molar-refractivity contribution in [3.05, 3.63) is 23.8 Å². The second-order valence-corrected chi connectivity index (χ2v) is 6.01. The zero-order valence-electron chi connectivity index (χ0n) is 14.8. The topological polar surface area (TPSA) is 52.6 Å². The van der Waals surface area contributed by atoms with Gasteiger partial charge >= 0.3 is 11.9 Å². The van der Waals surface area contributed by atoms with Crippen LogP contribution in [0.25, 0.3) is 0 Å². The van der Waals surface area contributed by atoms with Gasteiger partial charge in [0.15, 0.2) is 5.41 Å². The molecule has 0 aliphatic rings. The average molecular weight is 310 g/mol. The molecule has 4 heteroatoms. The van der Waals surface area contributed by atoms with E-state index in [4.69, 9.17) is 9.47 Å². The molecule has 0 spiro atoms. The number of carbonyl (C=O) groups is 2. The Kier molecular flexibility index (Phi) is 8.76. The van der Waals surface area contributed by atoms with Crippen molar-refractivity contribution >= 4 is 11.9 Å². The number of esters is 2. The zero-order valence-corrected chi connectivity index (χ0v) is 14.8. The third-order valence-corrected chi connectivity index (χ3v) is 3.55. The third-order valence-electron chi connectivity index (χ3n) is 3.55. The first kappa shape index (κ1) is 20.4. The molecule has 0 aromatic rings. The van der Waals surface area contributed by atoms with Crippen LogP contribution in [-0.4, -0.2) is 25.2 Å². The second-order valence-electron chi connectivity index (χ2n) is 6.01. The lowest BCUT2D eigenvalue weighted by Crippen LogP contribution is -2.40. The molecule has 4 nitrogen and oxygen atoms in total. The van der Waals surface area contributed by atoms with E-state index in [0.717, 1.165) is 18.4 Å². The summed E-state index contributed by atoms with van der Waals surface area (Å²) in [5.41, 5.74) is -0.00495. The van der Waals surface area contributed by atoms with E-state index in [2.05, 4.69) is 20.4 Å². The molecule has 22 heavy (non-hydrogen) atoms. The van der Waals surface area contributed by atoms with Crippen LogP contribution in [0.1, 0.15) is 54.4 Å². The highest BCUT2D eigenvalue weighted by Crippen LogP contribution is 2.32. The van der Waals surface area contributed by atoms with Gasteiger partial charge in [-0.2, -0.15) is 0 Å². The number of hydrogen-bond acceptors (Lipinski definition) is 4. The Hall–Kier alpha value is -1.58. The van der Waals surface area contributed by atoms with Gasteiger partial charge in [-0.15, -0.1) is 0 Å². The number of hydrogen-bond donors (Lipinski definition) is 0. The Morgan fingerprint density at radius 2 is 1.59 bits per heavy atom. The van der Waals surface area contributed by atoms with Gasteiger partial charge in [-0.1, -0.05) is 32.1 Å². The van der Waals surface area contributed by atoms with Crippen LogP contribution in [0, 0.1) is 11.3 Å². The molecule has 0 saturated carbocycles. The second kappa shape index (κ2) is 9.44. The van der Waals surface area contributed by atoms with Crippen molar-refractivity contribution in [1.29, 1.82) is 0 Å². The highest BCUT2D eigenvalue weighted by atomic mass is 16.6. The maximum absolute atomic E-state index is 12.3. The summed E-state index contributed by atoms with van der Waals surface area (Å²) in [5, 5.41) is 0. The molecule has 0 rings (SSSR count). The third kappa shape index (κ3) is 5.66. The Morgan fingerprint density at radius 1 is 1.14 bits per heavy atom. The first-order valence-electron chi connectivity index (χ1n) is 7.91. The fourth-order valence-electron chi connectivity index (χ4n) is 1.93. The van der Waals surface area contributed by atoms with E-state index in [-0.39, 0.29) is 13.2 Å². The smallest absolute Gasteiger partial charge is 0.327 e. The van der Waals surface area contributed by atoms with E-state index in [1.807, 2.05) is 6.92 Å². The van der Waals surface area contributed by atoms with Gasteiger partial charge in [0.05, 0.1) is 13.2 Å². The molecule has 0 atom stereocenters. The fourth-order valence-corrected chi connectivity index (χ4v) is 1.93. The van der Waals surface area contributed by atoms with E-state index < -0.39 is 17.4 Å². The molecule has 0 heterocycles. The molecule has 0 aliphatic heterocycles. The quantitative estimate of drug-likeness (QED) is 0.366. The van der Waals surface area contributed by atoms with Crippen molar-refractivity contribution in [2.75, 3.05) is 13.2 Å². The van der Waals surface area contributed by atoms with Crippen LogP contribution >= 0.6 is 0 Å². The van der Waals surface area contributed by atoms with Crippen LogP contribution in [0.15, 0.2) is 23.8 Å². The Morgan fingerprint density at radius 3 is 1.95 bits per heavy atom. The molecule has 0 amide bonds. The maximum atomic E-state index is 12.3. The minimum atomic E-state index is -1.49. The lowest BCUT2D eigenvalue weighted by Gasteiger charge is -2.26. The molecule has 0 aromatic carbocycles. The van der Waals surface area contributed by atoms with Gasteiger partial charge in [0, 0.05) is 0 Å². The largest absolute Gasteiger partial charge is 0.465 e. The maximum Gasteiger partial charge on any atom is 0.327 e. The van der Waals surface area contributed by atoms with E-state index in [0.29, 0.717) is 11.5 Å². The van der Waals surface area contributed by atoms with Gasteiger partial charge in [0.25, 0.3) is 0 Å². The van der Waals surface area contributed by atoms with E-state index in [9.17, 15) is 9.59 Å². The first-order valence-corrected chi connectivity index (χ1v) is 7.91. The van der Waals surface area contributed by atoms with Crippen molar-refractivity contribution in [2.45, 2.75) is 54.4 Å². The van der Waals surface area contributed by atoms with Crippen LogP contribution < -0.4 is 0 Å². The summed E-state index contributed by atoms with van der Waals surface area (Å²) in [6.07, 6.45) is 3.75. The van der Waals surface area contributed by atoms with Crippen LogP contribution in [0.2, 0.25) is 0 Å². The molecule has 0 radical (unpaired) electrons. The van der Waals surface area contributed by atoms with Gasteiger partial charge in [-0.05, 0) is 52.0 Å². The summed E-state index contributed by atoms with van der Waals surface area (Å²) in [7, 11) is 0. The van der Waals surface area contributed by atoms with Crippen LogP contribution in [0.4, 0.5) is 0 Å². The van der Waals surface area contributed by atoms with Gasteiger partial charge < -0.3 is 9.47 Å². The number of allylic oxidation sites excluding steroid dienone is 2. The normalized spacial score (nSPS) is 12.2. The lowest BCUT2D eigenvalue weighted by molar-refractivity contribution is -0.167. The highest BCUT2D eigenvalue weighted by molar-refractivity contribution is 6.03. The van der Waals surface area contributed by atoms with E-state index in [1.54, 1.807) is 19.9 Å².